The highest BCUT2D eigenvalue weighted by Gasteiger charge is 2.23. The molecule has 0 spiro atoms. The van der Waals surface area contributed by atoms with Crippen LogP contribution in [0.1, 0.15) is 0 Å². The molecular formula is C14H18BrClN2O2. The van der Waals surface area contributed by atoms with Crippen LogP contribution in [0.3, 0.4) is 0 Å². The zero-order valence-electron chi connectivity index (χ0n) is 11.4. The lowest BCUT2D eigenvalue weighted by molar-refractivity contribution is -0.140. The normalized spacial score (nSPS) is 17.9. The summed E-state index contributed by atoms with van der Waals surface area (Å²) in [5, 5.41) is 0.760. The molecule has 1 unspecified atom stereocenters. The minimum atomic E-state index is -0.259. The highest BCUT2D eigenvalue weighted by Crippen LogP contribution is 2.21. The predicted molar refractivity (Wildman–Crippen MR) is 84.8 cm³/mol. The van der Waals surface area contributed by atoms with Gasteiger partial charge in [0.2, 0.25) is 0 Å². The van der Waals surface area contributed by atoms with E-state index in [2.05, 4.69) is 31.8 Å². The van der Waals surface area contributed by atoms with E-state index in [1.807, 2.05) is 18.2 Å². The Morgan fingerprint density at radius 2 is 2.10 bits per heavy atom. The van der Waals surface area contributed by atoms with Gasteiger partial charge in [0.1, 0.15) is 4.83 Å². The van der Waals surface area contributed by atoms with E-state index in [0.717, 1.165) is 36.9 Å². The van der Waals surface area contributed by atoms with E-state index >= 15 is 0 Å². The number of halogens is 2. The Morgan fingerprint density at radius 1 is 1.40 bits per heavy atom. The van der Waals surface area contributed by atoms with Gasteiger partial charge in [-0.2, -0.15) is 0 Å². The summed E-state index contributed by atoms with van der Waals surface area (Å²) in [5.41, 5.74) is 1.15. The molecular weight excluding hydrogens is 344 g/mol. The van der Waals surface area contributed by atoms with E-state index in [9.17, 15) is 4.79 Å². The highest BCUT2D eigenvalue weighted by atomic mass is 79.9. The van der Waals surface area contributed by atoms with E-state index in [0.29, 0.717) is 6.54 Å². The molecule has 0 aliphatic carbocycles. The number of esters is 1. The first-order valence-corrected chi connectivity index (χ1v) is 7.84. The van der Waals surface area contributed by atoms with Gasteiger partial charge >= 0.3 is 5.97 Å². The molecule has 0 amide bonds. The van der Waals surface area contributed by atoms with Gasteiger partial charge in [-0.05, 0) is 18.2 Å². The number of carbonyl (C=O) groups is 1. The summed E-state index contributed by atoms with van der Waals surface area (Å²) < 4.78 is 4.72. The average molecular weight is 362 g/mol. The Kier molecular flexibility index (Phi) is 5.69. The molecule has 0 radical (unpaired) electrons. The first-order valence-electron chi connectivity index (χ1n) is 6.55. The number of anilines is 1. The van der Waals surface area contributed by atoms with Gasteiger partial charge < -0.3 is 9.64 Å². The maximum atomic E-state index is 11.4. The number of hydrogen-bond acceptors (Lipinski definition) is 4. The second-order valence-corrected chi connectivity index (χ2v) is 6.30. The number of rotatable bonds is 4. The molecule has 1 aromatic carbocycles. The lowest BCUT2D eigenvalue weighted by atomic mass is 10.2. The number of nitrogens with zero attached hydrogens (tertiary/aromatic N) is 2. The van der Waals surface area contributed by atoms with Crippen LogP contribution in [-0.4, -0.2) is 55.5 Å². The van der Waals surface area contributed by atoms with E-state index in [4.69, 9.17) is 16.3 Å². The maximum Gasteiger partial charge on any atom is 0.320 e. The molecule has 0 saturated carbocycles. The third-order valence-corrected chi connectivity index (χ3v) is 4.32. The van der Waals surface area contributed by atoms with Gasteiger partial charge in [-0.15, -0.1) is 0 Å². The summed E-state index contributed by atoms with van der Waals surface area (Å²) in [6.07, 6.45) is 0. The fourth-order valence-electron chi connectivity index (χ4n) is 2.29. The Morgan fingerprint density at radius 3 is 2.70 bits per heavy atom. The predicted octanol–water partition coefficient (Wildman–Crippen LogP) is 2.40. The van der Waals surface area contributed by atoms with Crippen molar-refractivity contribution in [3.63, 3.8) is 0 Å². The van der Waals surface area contributed by atoms with Crippen molar-refractivity contribution in [1.82, 2.24) is 4.90 Å². The van der Waals surface area contributed by atoms with Gasteiger partial charge in [0.15, 0.2) is 0 Å². The lowest BCUT2D eigenvalue weighted by Gasteiger charge is -2.36. The molecule has 0 aromatic heterocycles. The fraction of sp³-hybridized carbons (Fsp3) is 0.500. The summed E-state index contributed by atoms with van der Waals surface area (Å²) in [5.74, 6) is -0.220. The molecule has 1 aliphatic heterocycles. The summed E-state index contributed by atoms with van der Waals surface area (Å²) in [7, 11) is 1.41. The van der Waals surface area contributed by atoms with E-state index in [1.54, 1.807) is 0 Å². The van der Waals surface area contributed by atoms with Crippen molar-refractivity contribution in [3.8, 4) is 0 Å². The molecule has 20 heavy (non-hydrogen) atoms. The monoisotopic (exact) mass is 360 g/mol. The van der Waals surface area contributed by atoms with Crippen LogP contribution in [-0.2, 0) is 9.53 Å². The van der Waals surface area contributed by atoms with Crippen molar-refractivity contribution >= 4 is 39.2 Å². The maximum absolute atomic E-state index is 11.4. The molecule has 1 heterocycles. The average Bonchev–Trinajstić information content (AvgIpc) is 2.47. The Bertz CT molecular complexity index is 464. The van der Waals surface area contributed by atoms with Gasteiger partial charge in [-0.25, -0.2) is 0 Å². The van der Waals surface area contributed by atoms with Crippen LogP contribution >= 0.6 is 27.5 Å². The van der Waals surface area contributed by atoms with Crippen LogP contribution < -0.4 is 4.90 Å². The highest BCUT2D eigenvalue weighted by molar-refractivity contribution is 9.10. The van der Waals surface area contributed by atoms with Crippen molar-refractivity contribution in [2.75, 3.05) is 44.7 Å². The number of ether oxygens (including phenoxy) is 1. The Labute approximate surface area is 132 Å². The fourth-order valence-corrected chi connectivity index (χ4v) is 3.07. The summed E-state index contributed by atoms with van der Waals surface area (Å²) in [6, 6.07) is 7.91. The molecule has 2 rings (SSSR count). The zero-order valence-corrected chi connectivity index (χ0v) is 13.7. The third kappa shape index (κ3) is 4.11. The summed E-state index contributed by atoms with van der Waals surface area (Å²) in [6.45, 7) is 4.38. The summed E-state index contributed by atoms with van der Waals surface area (Å²) in [4.78, 5) is 15.7. The standard InChI is InChI=1S/C14H18BrClN2O2/c1-20-14(19)13(15)10-17-5-7-18(8-6-17)12-4-2-3-11(16)9-12/h2-4,9,13H,5-8,10H2,1H3. The molecule has 0 N–H and O–H groups in total. The van der Waals surface area contributed by atoms with E-state index in [1.165, 1.54) is 7.11 Å². The number of carbonyl (C=O) groups excluding carboxylic acids is 1. The quantitative estimate of drug-likeness (QED) is 0.609. The van der Waals surface area contributed by atoms with Crippen molar-refractivity contribution < 1.29 is 9.53 Å². The number of piperazine rings is 1. The van der Waals surface area contributed by atoms with Gasteiger partial charge in [0, 0.05) is 43.4 Å². The van der Waals surface area contributed by atoms with Gasteiger partial charge in [-0.1, -0.05) is 33.6 Å². The molecule has 1 fully saturated rings. The second-order valence-electron chi connectivity index (χ2n) is 4.76. The van der Waals surface area contributed by atoms with Crippen LogP contribution in [0.25, 0.3) is 0 Å². The van der Waals surface area contributed by atoms with Gasteiger partial charge in [0.05, 0.1) is 7.11 Å². The number of hydrogen-bond donors (Lipinski definition) is 0. The third-order valence-electron chi connectivity index (χ3n) is 3.42. The molecule has 1 saturated heterocycles. The van der Waals surface area contributed by atoms with Crippen molar-refractivity contribution in [3.05, 3.63) is 29.3 Å². The van der Waals surface area contributed by atoms with Crippen LogP contribution in [0.5, 0.6) is 0 Å². The zero-order chi connectivity index (χ0) is 14.5. The molecule has 1 aliphatic rings. The van der Waals surface area contributed by atoms with Gasteiger partial charge in [-0.3, -0.25) is 9.69 Å². The van der Waals surface area contributed by atoms with Crippen LogP contribution in [0.2, 0.25) is 5.02 Å². The molecule has 6 heteroatoms. The number of benzene rings is 1. The minimum absolute atomic E-state index is 0.220. The number of methoxy groups -OCH3 is 1. The molecule has 4 nitrogen and oxygen atoms in total. The van der Waals surface area contributed by atoms with Gasteiger partial charge in [0.25, 0.3) is 0 Å². The SMILES string of the molecule is COC(=O)C(Br)CN1CCN(c2cccc(Cl)c2)CC1. The van der Waals surface area contributed by atoms with Crippen molar-refractivity contribution in [2.45, 2.75) is 4.83 Å². The molecule has 1 atom stereocenters. The van der Waals surface area contributed by atoms with Crippen LogP contribution in [0, 0.1) is 0 Å². The second kappa shape index (κ2) is 7.29. The topological polar surface area (TPSA) is 32.8 Å². The van der Waals surface area contributed by atoms with Crippen molar-refractivity contribution in [2.24, 2.45) is 0 Å². The molecule has 1 aromatic rings. The van der Waals surface area contributed by atoms with Crippen LogP contribution in [0.15, 0.2) is 24.3 Å². The Balaban J connectivity index is 1.85. The molecule has 0 bridgehead atoms. The summed E-state index contributed by atoms with van der Waals surface area (Å²) >= 11 is 9.38. The van der Waals surface area contributed by atoms with Crippen LogP contribution in [0.4, 0.5) is 5.69 Å². The first-order chi connectivity index (χ1) is 9.60. The van der Waals surface area contributed by atoms with E-state index < -0.39 is 0 Å². The lowest BCUT2D eigenvalue weighted by Crippen LogP contribution is -2.48. The largest absolute Gasteiger partial charge is 0.468 e. The minimum Gasteiger partial charge on any atom is -0.468 e. The Hall–Kier alpha value is -0.780. The molecule has 110 valence electrons. The smallest absolute Gasteiger partial charge is 0.320 e. The van der Waals surface area contributed by atoms with Crippen molar-refractivity contribution in [1.29, 1.82) is 0 Å². The number of alkyl halides is 1. The first kappa shape index (κ1) is 15.6. The van der Waals surface area contributed by atoms with E-state index in [-0.39, 0.29) is 10.8 Å².